The first-order valence-corrected chi connectivity index (χ1v) is 11.6. The molecule has 1 N–H and O–H groups in total. The second-order valence-corrected chi connectivity index (χ2v) is 9.15. The molecule has 7 nitrogen and oxygen atoms in total. The van der Waals surface area contributed by atoms with Crippen LogP contribution in [0.15, 0.2) is 36.4 Å². The number of amides is 2. The van der Waals surface area contributed by atoms with Gasteiger partial charge in [0.2, 0.25) is 5.91 Å². The van der Waals surface area contributed by atoms with Crippen LogP contribution in [0.2, 0.25) is 0 Å². The average molecular weight is 490 g/mol. The summed E-state index contributed by atoms with van der Waals surface area (Å²) in [6, 6.07) is 8.13. The van der Waals surface area contributed by atoms with Gasteiger partial charge in [-0.1, -0.05) is 6.92 Å². The van der Waals surface area contributed by atoms with Crippen LogP contribution in [-0.4, -0.2) is 67.6 Å². The van der Waals surface area contributed by atoms with Crippen molar-refractivity contribution in [3.8, 4) is 5.75 Å². The quantitative estimate of drug-likeness (QED) is 0.705. The summed E-state index contributed by atoms with van der Waals surface area (Å²) in [4.78, 5) is 28.3. The van der Waals surface area contributed by atoms with Gasteiger partial charge in [-0.2, -0.15) is 0 Å². The van der Waals surface area contributed by atoms with Crippen molar-refractivity contribution >= 4 is 17.5 Å². The topological polar surface area (TPSA) is 71.1 Å². The minimum Gasteiger partial charge on any atom is -0.491 e. The van der Waals surface area contributed by atoms with Gasteiger partial charge in [0, 0.05) is 64.1 Å². The largest absolute Gasteiger partial charge is 0.491 e. The van der Waals surface area contributed by atoms with E-state index in [4.69, 9.17) is 9.47 Å². The summed E-state index contributed by atoms with van der Waals surface area (Å²) >= 11 is 0. The minimum atomic E-state index is -0.498. The molecular weight excluding hydrogens is 456 g/mol. The van der Waals surface area contributed by atoms with Gasteiger partial charge in [-0.15, -0.1) is 0 Å². The number of nitrogens with zero attached hydrogens (tertiary/aromatic N) is 2. The summed E-state index contributed by atoms with van der Waals surface area (Å²) < 4.78 is 40.1. The van der Waals surface area contributed by atoms with Crippen LogP contribution in [0.3, 0.4) is 0 Å². The molecule has 0 unspecified atom stereocenters. The molecule has 0 aromatic heterocycles. The molecule has 190 valence electrons. The molecule has 2 amide bonds. The van der Waals surface area contributed by atoms with E-state index in [1.165, 1.54) is 13.0 Å². The molecule has 3 rings (SSSR count). The number of halogens is 2. The van der Waals surface area contributed by atoms with Crippen molar-refractivity contribution in [3.05, 3.63) is 59.2 Å². The molecule has 35 heavy (non-hydrogen) atoms. The lowest BCUT2D eigenvalue weighted by atomic mass is 10.0. The fourth-order valence-electron chi connectivity index (χ4n) is 4.23. The summed E-state index contributed by atoms with van der Waals surface area (Å²) in [5.74, 6) is -1.13. The first kappa shape index (κ1) is 26.6. The maximum atomic E-state index is 14.4. The van der Waals surface area contributed by atoms with Gasteiger partial charge in [0.25, 0.3) is 5.91 Å². The molecule has 0 saturated heterocycles. The second-order valence-electron chi connectivity index (χ2n) is 9.15. The summed E-state index contributed by atoms with van der Waals surface area (Å²) in [5, 5.41) is 2.70. The summed E-state index contributed by atoms with van der Waals surface area (Å²) in [6.07, 6.45) is -0.279. The van der Waals surface area contributed by atoms with Gasteiger partial charge in [-0.3, -0.25) is 14.5 Å². The van der Waals surface area contributed by atoms with E-state index in [0.717, 1.165) is 12.1 Å². The predicted molar refractivity (Wildman–Crippen MR) is 129 cm³/mol. The highest BCUT2D eigenvalue weighted by atomic mass is 19.1. The number of anilines is 1. The van der Waals surface area contributed by atoms with E-state index < -0.39 is 11.6 Å². The SMILES string of the molecule is CO[C@H]1CN(C)C(=O)c2ccc(NC(C)=O)cc2OC[C@H](C)N(Cc2cc(F)ccc2F)C[C@H]1C. The van der Waals surface area contributed by atoms with Gasteiger partial charge in [-0.05, 0) is 43.2 Å². The number of hydrogen-bond donors (Lipinski definition) is 1. The number of fused-ring (bicyclic) bond motifs is 1. The molecule has 9 heteroatoms. The van der Waals surface area contributed by atoms with Crippen LogP contribution in [0.25, 0.3) is 0 Å². The van der Waals surface area contributed by atoms with E-state index in [0.29, 0.717) is 30.1 Å². The third kappa shape index (κ3) is 6.76. The zero-order valence-electron chi connectivity index (χ0n) is 20.8. The molecule has 0 bridgehead atoms. The first-order chi connectivity index (χ1) is 16.6. The Morgan fingerprint density at radius 2 is 1.91 bits per heavy atom. The maximum absolute atomic E-state index is 14.4. The highest BCUT2D eigenvalue weighted by molar-refractivity contribution is 5.98. The van der Waals surface area contributed by atoms with Crippen LogP contribution in [0.5, 0.6) is 5.75 Å². The van der Waals surface area contributed by atoms with Gasteiger partial charge in [-0.25, -0.2) is 8.78 Å². The van der Waals surface area contributed by atoms with Crippen LogP contribution in [0.1, 0.15) is 36.7 Å². The maximum Gasteiger partial charge on any atom is 0.257 e. The molecule has 3 atom stereocenters. The van der Waals surface area contributed by atoms with E-state index >= 15 is 0 Å². The van der Waals surface area contributed by atoms with Crippen LogP contribution in [0.4, 0.5) is 14.5 Å². The molecule has 1 aliphatic heterocycles. The summed E-state index contributed by atoms with van der Waals surface area (Å²) in [6.45, 7) is 6.56. The highest BCUT2D eigenvalue weighted by Crippen LogP contribution is 2.27. The van der Waals surface area contributed by atoms with E-state index in [2.05, 4.69) is 5.32 Å². The van der Waals surface area contributed by atoms with Gasteiger partial charge < -0.3 is 19.7 Å². The lowest BCUT2D eigenvalue weighted by Crippen LogP contribution is -2.46. The van der Waals surface area contributed by atoms with E-state index in [1.807, 2.05) is 18.7 Å². The molecule has 0 aliphatic carbocycles. The number of carbonyl (C=O) groups is 2. The van der Waals surface area contributed by atoms with E-state index in [-0.39, 0.29) is 48.6 Å². The van der Waals surface area contributed by atoms with Crippen molar-refractivity contribution in [1.29, 1.82) is 0 Å². The summed E-state index contributed by atoms with van der Waals surface area (Å²) in [5.41, 5.74) is 1.12. The zero-order valence-corrected chi connectivity index (χ0v) is 20.8. The van der Waals surface area contributed by atoms with Crippen molar-refractivity contribution in [2.45, 2.75) is 39.5 Å². The first-order valence-electron chi connectivity index (χ1n) is 11.6. The number of nitrogens with one attached hydrogen (secondary N) is 1. The molecule has 0 spiro atoms. The number of likely N-dealkylation sites (N-methyl/N-ethyl adjacent to an activating group) is 1. The number of benzene rings is 2. The van der Waals surface area contributed by atoms with Crippen LogP contribution in [0, 0.1) is 17.6 Å². The smallest absolute Gasteiger partial charge is 0.257 e. The Balaban J connectivity index is 1.97. The fraction of sp³-hybridized carbons (Fsp3) is 0.462. The Kier molecular flexibility index (Phi) is 8.80. The lowest BCUT2D eigenvalue weighted by Gasteiger charge is -2.36. The van der Waals surface area contributed by atoms with Crippen molar-refractivity contribution in [2.75, 3.05) is 39.2 Å². The molecule has 1 heterocycles. The third-order valence-electron chi connectivity index (χ3n) is 6.28. The average Bonchev–Trinajstić information content (AvgIpc) is 2.81. The number of hydrogen-bond acceptors (Lipinski definition) is 5. The summed E-state index contributed by atoms with van der Waals surface area (Å²) in [7, 11) is 3.29. The van der Waals surface area contributed by atoms with Gasteiger partial charge >= 0.3 is 0 Å². The zero-order chi connectivity index (χ0) is 25.7. The molecule has 0 radical (unpaired) electrons. The number of carbonyl (C=O) groups excluding carboxylic acids is 2. The Morgan fingerprint density at radius 1 is 1.17 bits per heavy atom. The number of rotatable bonds is 4. The number of methoxy groups -OCH3 is 1. The van der Waals surface area contributed by atoms with E-state index in [1.54, 1.807) is 37.3 Å². The lowest BCUT2D eigenvalue weighted by molar-refractivity contribution is -0.114. The normalized spacial score (nSPS) is 22.0. The molecule has 1 aliphatic rings. The molecule has 2 aromatic carbocycles. The molecule has 2 aromatic rings. The number of ether oxygens (including phenoxy) is 2. The van der Waals surface area contributed by atoms with Gasteiger partial charge in [0.05, 0.1) is 11.7 Å². The third-order valence-corrected chi connectivity index (χ3v) is 6.28. The van der Waals surface area contributed by atoms with Crippen molar-refractivity contribution < 1.29 is 27.8 Å². The van der Waals surface area contributed by atoms with Crippen LogP contribution in [-0.2, 0) is 16.1 Å². The standard InChI is InChI=1S/C26H33F2N3O4/c1-16-12-31(13-19-10-20(27)6-9-23(19)28)17(2)15-35-24-11-21(29-18(3)32)7-8-22(24)26(33)30(4)14-25(16)34-5/h6-11,16-17,25H,12-15H2,1-5H3,(H,29,32)/t16-,17+,25+/m1/s1. The minimum absolute atomic E-state index is 0.0182. The van der Waals surface area contributed by atoms with Crippen molar-refractivity contribution in [3.63, 3.8) is 0 Å². The fourth-order valence-corrected chi connectivity index (χ4v) is 4.23. The molecular formula is C26H33F2N3O4. The Labute approximate surface area is 205 Å². The monoisotopic (exact) mass is 489 g/mol. The van der Waals surface area contributed by atoms with Gasteiger partial charge in [0.1, 0.15) is 24.0 Å². The van der Waals surface area contributed by atoms with E-state index in [9.17, 15) is 18.4 Å². The van der Waals surface area contributed by atoms with Crippen molar-refractivity contribution in [2.24, 2.45) is 5.92 Å². The van der Waals surface area contributed by atoms with Gasteiger partial charge in [0.15, 0.2) is 0 Å². The Morgan fingerprint density at radius 3 is 2.60 bits per heavy atom. The highest BCUT2D eigenvalue weighted by Gasteiger charge is 2.29. The van der Waals surface area contributed by atoms with Crippen LogP contribution >= 0.6 is 0 Å². The predicted octanol–water partition coefficient (Wildman–Crippen LogP) is 3.93. The van der Waals surface area contributed by atoms with Crippen LogP contribution < -0.4 is 10.1 Å². The Hall–Kier alpha value is -3.04. The second kappa shape index (κ2) is 11.6. The molecule has 0 fully saturated rings. The van der Waals surface area contributed by atoms with Crippen molar-refractivity contribution in [1.82, 2.24) is 9.80 Å². The molecule has 0 saturated carbocycles. The Bertz CT molecular complexity index is 1060.